The minimum atomic E-state index is -0.0781. The Labute approximate surface area is 118 Å². The van der Waals surface area contributed by atoms with E-state index in [0.717, 1.165) is 26.1 Å². The lowest BCUT2D eigenvalue weighted by Gasteiger charge is -2.42. The molecule has 0 amide bonds. The van der Waals surface area contributed by atoms with E-state index < -0.39 is 0 Å². The third kappa shape index (κ3) is 4.17. The Balaban J connectivity index is 1.95. The van der Waals surface area contributed by atoms with Crippen LogP contribution in [0.5, 0.6) is 0 Å². The van der Waals surface area contributed by atoms with Crippen LogP contribution < -0.4 is 5.32 Å². The fraction of sp³-hybridized carbons (Fsp3) is 1.00. The van der Waals surface area contributed by atoms with E-state index >= 15 is 0 Å². The van der Waals surface area contributed by atoms with Crippen LogP contribution in [0.3, 0.4) is 0 Å². The van der Waals surface area contributed by atoms with Crippen LogP contribution in [0, 0.1) is 11.3 Å². The van der Waals surface area contributed by atoms with Crippen LogP contribution in [0.4, 0.5) is 0 Å². The molecule has 19 heavy (non-hydrogen) atoms. The molecule has 1 saturated carbocycles. The number of aliphatic hydroxyl groups is 1. The molecule has 1 saturated heterocycles. The molecule has 0 bridgehead atoms. The first-order valence-corrected chi connectivity index (χ1v) is 8.20. The summed E-state index contributed by atoms with van der Waals surface area (Å²) in [5.41, 5.74) is 0.479. The van der Waals surface area contributed by atoms with Crippen molar-refractivity contribution in [3.05, 3.63) is 0 Å². The molecule has 1 heterocycles. The molecule has 1 aliphatic heterocycles. The minimum absolute atomic E-state index is 0.0781. The van der Waals surface area contributed by atoms with Gasteiger partial charge in [-0.25, -0.2) is 0 Å². The number of piperidine rings is 1. The monoisotopic (exact) mass is 268 g/mol. The highest BCUT2D eigenvalue weighted by molar-refractivity contribution is 4.89. The maximum absolute atomic E-state index is 9.87. The van der Waals surface area contributed by atoms with Gasteiger partial charge < -0.3 is 15.3 Å². The summed E-state index contributed by atoms with van der Waals surface area (Å²) in [7, 11) is 2.09. The minimum Gasteiger partial charge on any atom is -0.393 e. The molecular weight excluding hydrogens is 236 g/mol. The number of likely N-dealkylation sites (tertiary alicyclic amines) is 1. The van der Waals surface area contributed by atoms with Gasteiger partial charge in [0.25, 0.3) is 0 Å². The zero-order valence-electron chi connectivity index (χ0n) is 12.8. The Bertz CT molecular complexity index is 261. The van der Waals surface area contributed by atoms with Crippen molar-refractivity contribution in [1.29, 1.82) is 0 Å². The SMILES string of the molecule is CNCC1(CN2CCC(O)C(C)C2)CCCCCC1. The summed E-state index contributed by atoms with van der Waals surface area (Å²) < 4.78 is 0. The van der Waals surface area contributed by atoms with Crippen molar-refractivity contribution in [3.8, 4) is 0 Å². The van der Waals surface area contributed by atoms with Crippen molar-refractivity contribution in [2.24, 2.45) is 11.3 Å². The summed E-state index contributed by atoms with van der Waals surface area (Å²) in [6, 6.07) is 0. The van der Waals surface area contributed by atoms with Gasteiger partial charge in [0.05, 0.1) is 6.10 Å². The Kier molecular flexibility index (Phi) is 5.67. The summed E-state index contributed by atoms with van der Waals surface area (Å²) in [4.78, 5) is 2.61. The molecule has 0 aromatic rings. The Morgan fingerprint density at radius 1 is 1.21 bits per heavy atom. The summed E-state index contributed by atoms with van der Waals surface area (Å²) in [6.45, 7) is 6.73. The van der Waals surface area contributed by atoms with Crippen LogP contribution in [-0.4, -0.2) is 49.3 Å². The van der Waals surface area contributed by atoms with Crippen LogP contribution >= 0.6 is 0 Å². The van der Waals surface area contributed by atoms with Crippen LogP contribution in [0.2, 0.25) is 0 Å². The van der Waals surface area contributed by atoms with Gasteiger partial charge in [-0.05, 0) is 37.6 Å². The third-order valence-corrected chi connectivity index (χ3v) is 5.22. The molecule has 0 spiro atoms. The molecule has 2 aliphatic rings. The number of hydrogen-bond acceptors (Lipinski definition) is 3. The van der Waals surface area contributed by atoms with Gasteiger partial charge in [-0.1, -0.05) is 32.6 Å². The van der Waals surface area contributed by atoms with E-state index in [9.17, 15) is 5.11 Å². The van der Waals surface area contributed by atoms with Crippen molar-refractivity contribution in [3.63, 3.8) is 0 Å². The van der Waals surface area contributed by atoms with Gasteiger partial charge in [0.1, 0.15) is 0 Å². The van der Waals surface area contributed by atoms with Crippen LogP contribution in [0.25, 0.3) is 0 Å². The van der Waals surface area contributed by atoms with E-state index in [1.54, 1.807) is 0 Å². The summed E-state index contributed by atoms with van der Waals surface area (Å²) in [5, 5.41) is 13.3. The second-order valence-electron chi connectivity index (χ2n) is 7.01. The van der Waals surface area contributed by atoms with Gasteiger partial charge in [0, 0.05) is 26.2 Å². The Morgan fingerprint density at radius 3 is 2.47 bits per heavy atom. The largest absolute Gasteiger partial charge is 0.393 e. The van der Waals surface area contributed by atoms with Crippen molar-refractivity contribution < 1.29 is 5.11 Å². The second-order valence-corrected chi connectivity index (χ2v) is 7.01. The zero-order valence-corrected chi connectivity index (χ0v) is 12.8. The van der Waals surface area contributed by atoms with Gasteiger partial charge in [0.2, 0.25) is 0 Å². The molecular formula is C16H32N2O. The average molecular weight is 268 g/mol. The molecule has 3 nitrogen and oxygen atoms in total. The van der Waals surface area contributed by atoms with E-state index in [0.29, 0.717) is 11.3 Å². The number of nitrogens with one attached hydrogen (secondary N) is 1. The standard InChI is InChI=1S/C16H32N2O/c1-14-11-18(10-7-15(14)19)13-16(12-17-2)8-5-3-4-6-9-16/h14-15,17,19H,3-13H2,1-2H3. The molecule has 0 aromatic heterocycles. The van der Waals surface area contributed by atoms with Crippen LogP contribution in [0.1, 0.15) is 51.9 Å². The van der Waals surface area contributed by atoms with Crippen LogP contribution in [0.15, 0.2) is 0 Å². The van der Waals surface area contributed by atoms with Gasteiger partial charge in [-0.15, -0.1) is 0 Å². The summed E-state index contributed by atoms with van der Waals surface area (Å²) >= 11 is 0. The van der Waals surface area contributed by atoms with Gasteiger partial charge in [0.15, 0.2) is 0 Å². The van der Waals surface area contributed by atoms with Gasteiger partial charge in [-0.3, -0.25) is 0 Å². The lowest BCUT2D eigenvalue weighted by atomic mass is 9.79. The maximum atomic E-state index is 9.87. The Hall–Kier alpha value is -0.120. The molecule has 1 aliphatic carbocycles. The number of rotatable bonds is 4. The topological polar surface area (TPSA) is 35.5 Å². The van der Waals surface area contributed by atoms with Crippen LogP contribution in [-0.2, 0) is 0 Å². The average Bonchev–Trinajstić information content (AvgIpc) is 2.60. The van der Waals surface area contributed by atoms with E-state index in [4.69, 9.17) is 0 Å². The number of aliphatic hydroxyl groups excluding tert-OH is 1. The van der Waals surface area contributed by atoms with Crippen molar-refractivity contribution >= 4 is 0 Å². The van der Waals surface area contributed by atoms with E-state index in [1.807, 2.05) is 0 Å². The first-order valence-electron chi connectivity index (χ1n) is 8.20. The zero-order chi connectivity index (χ0) is 13.7. The normalized spacial score (nSPS) is 33.0. The highest BCUT2D eigenvalue weighted by Crippen LogP contribution is 2.36. The molecule has 2 atom stereocenters. The Morgan fingerprint density at radius 2 is 1.89 bits per heavy atom. The molecule has 2 rings (SSSR count). The predicted molar refractivity (Wildman–Crippen MR) is 80.3 cm³/mol. The molecule has 2 unspecified atom stereocenters. The molecule has 2 N–H and O–H groups in total. The third-order valence-electron chi connectivity index (χ3n) is 5.22. The van der Waals surface area contributed by atoms with E-state index in [2.05, 4.69) is 24.2 Å². The summed E-state index contributed by atoms with van der Waals surface area (Å²) in [6.07, 6.45) is 9.26. The summed E-state index contributed by atoms with van der Waals surface area (Å²) in [5.74, 6) is 0.436. The van der Waals surface area contributed by atoms with Gasteiger partial charge >= 0.3 is 0 Å². The van der Waals surface area contributed by atoms with Crippen molar-refractivity contribution in [1.82, 2.24) is 10.2 Å². The number of hydrogen-bond donors (Lipinski definition) is 2. The van der Waals surface area contributed by atoms with Crippen molar-refractivity contribution in [2.45, 2.75) is 58.0 Å². The molecule has 112 valence electrons. The second kappa shape index (κ2) is 7.05. The first-order chi connectivity index (χ1) is 9.15. The molecule has 0 radical (unpaired) electrons. The predicted octanol–water partition coefficient (Wildman–Crippen LogP) is 2.25. The molecule has 3 heteroatoms. The van der Waals surface area contributed by atoms with Crippen molar-refractivity contribution in [2.75, 3.05) is 33.2 Å². The lowest BCUT2D eigenvalue weighted by Crippen LogP contribution is -2.49. The maximum Gasteiger partial charge on any atom is 0.0590 e. The lowest BCUT2D eigenvalue weighted by molar-refractivity contribution is 0.0133. The fourth-order valence-electron chi connectivity index (χ4n) is 4.08. The van der Waals surface area contributed by atoms with E-state index in [-0.39, 0.29) is 6.10 Å². The highest BCUT2D eigenvalue weighted by atomic mass is 16.3. The molecule has 0 aromatic carbocycles. The van der Waals surface area contributed by atoms with E-state index in [1.165, 1.54) is 45.1 Å². The van der Waals surface area contributed by atoms with Gasteiger partial charge in [-0.2, -0.15) is 0 Å². The highest BCUT2D eigenvalue weighted by Gasteiger charge is 2.34. The number of nitrogens with zero attached hydrogens (tertiary/aromatic N) is 1. The quantitative estimate of drug-likeness (QED) is 0.768. The molecule has 2 fully saturated rings. The smallest absolute Gasteiger partial charge is 0.0590 e. The first kappa shape index (κ1) is 15.3. The fourth-order valence-corrected chi connectivity index (χ4v) is 4.08.